The van der Waals surface area contributed by atoms with Crippen LogP contribution in [-0.2, 0) is 0 Å². The summed E-state index contributed by atoms with van der Waals surface area (Å²) in [6, 6.07) is 17.0. The highest BCUT2D eigenvalue weighted by Gasteiger charge is 2.25. The van der Waals surface area contributed by atoms with Crippen LogP contribution in [0.15, 0.2) is 54.6 Å². The zero-order chi connectivity index (χ0) is 14.5. The van der Waals surface area contributed by atoms with Crippen LogP contribution < -0.4 is 4.74 Å². The minimum absolute atomic E-state index is 0.0402. The number of rotatable bonds is 5. The summed E-state index contributed by atoms with van der Waals surface area (Å²) in [4.78, 5) is 12.0. The van der Waals surface area contributed by atoms with Crippen LogP contribution in [0.5, 0.6) is 5.75 Å². The molecule has 0 unspecified atom stereocenters. The molecule has 0 N–H and O–H groups in total. The van der Waals surface area contributed by atoms with Crippen molar-refractivity contribution in [3.05, 3.63) is 65.7 Å². The molecule has 0 bridgehead atoms. The van der Waals surface area contributed by atoms with Crippen molar-refractivity contribution in [3.63, 3.8) is 0 Å². The lowest BCUT2D eigenvalue weighted by Crippen LogP contribution is -2.19. The maximum atomic E-state index is 12.4. The topological polar surface area (TPSA) is 26.3 Å². The van der Waals surface area contributed by atoms with Crippen LogP contribution in [0.1, 0.15) is 20.7 Å². The molecule has 0 aliphatic heterocycles. The Morgan fingerprint density at radius 3 is 2.15 bits per heavy atom. The van der Waals surface area contributed by atoms with E-state index in [1.165, 1.54) is 0 Å². The summed E-state index contributed by atoms with van der Waals surface area (Å²) >= 11 is 7.08. The van der Waals surface area contributed by atoms with Crippen molar-refractivity contribution in [1.29, 1.82) is 0 Å². The number of halogens is 2. The SMILES string of the molecule is COc1ccc(C(=O)[C@@H](Br)[C@H](Br)c2ccccc2)cc1. The van der Waals surface area contributed by atoms with E-state index in [-0.39, 0.29) is 15.4 Å². The van der Waals surface area contributed by atoms with Gasteiger partial charge in [0.25, 0.3) is 0 Å². The van der Waals surface area contributed by atoms with Gasteiger partial charge in [0, 0.05) is 5.56 Å². The van der Waals surface area contributed by atoms with E-state index in [0.29, 0.717) is 5.56 Å². The molecule has 0 spiro atoms. The second-order valence-corrected chi connectivity index (χ2v) is 6.28. The van der Waals surface area contributed by atoms with Gasteiger partial charge in [-0.3, -0.25) is 4.79 Å². The Kier molecular flexibility index (Phi) is 5.38. The summed E-state index contributed by atoms with van der Waals surface area (Å²) in [5.74, 6) is 0.782. The fourth-order valence-electron chi connectivity index (χ4n) is 1.85. The highest BCUT2D eigenvalue weighted by atomic mass is 79.9. The van der Waals surface area contributed by atoms with E-state index in [2.05, 4.69) is 31.9 Å². The highest BCUT2D eigenvalue weighted by molar-refractivity contribution is 9.12. The van der Waals surface area contributed by atoms with Crippen LogP contribution >= 0.6 is 31.9 Å². The van der Waals surface area contributed by atoms with Gasteiger partial charge >= 0.3 is 0 Å². The molecule has 2 nitrogen and oxygen atoms in total. The molecule has 2 aromatic carbocycles. The summed E-state index contributed by atoms with van der Waals surface area (Å²) < 4.78 is 5.09. The van der Waals surface area contributed by atoms with Crippen LogP contribution in [0.4, 0.5) is 0 Å². The van der Waals surface area contributed by atoms with Gasteiger partial charge in [0.2, 0.25) is 0 Å². The molecule has 0 fully saturated rings. The lowest BCUT2D eigenvalue weighted by Gasteiger charge is -2.16. The van der Waals surface area contributed by atoms with Crippen LogP contribution in [0, 0.1) is 0 Å². The Morgan fingerprint density at radius 1 is 1.00 bits per heavy atom. The molecule has 2 atom stereocenters. The summed E-state index contributed by atoms with van der Waals surface area (Å²) in [6.45, 7) is 0. The zero-order valence-corrected chi connectivity index (χ0v) is 14.1. The molecule has 104 valence electrons. The first-order valence-electron chi connectivity index (χ1n) is 6.15. The molecule has 0 amide bonds. The van der Waals surface area contributed by atoms with Crippen molar-refractivity contribution in [2.75, 3.05) is 7.11 Å². The average Bonchev–Trinajstić information content (AvgIpc) is 2.53. The maximum Gasteiger partial charge on any atom is 0.177 e. The predicted molar refractivity (Wildman–Crippen MR) is 88.1 cm³/mol. The van der Waals surface area contributed by atoms with Gasteiger partial charge in [0.1, 0.15) is 5.75 Å². The monoisotopic (exact) mass is 396 g/mol. The van der Waals surface area contributed by atoms with Gasteiger partial charge < -0.3 is 4.74 Å². The molecular formula is C16H14Br2O2. The second-order valence-electron chi connectivity index (χ2n) is 4.31. The number of ether oxygens (including phenoxy) is 1. The Bertz CT molecular complexity index is 567. The van der Waals surface area contributed by atoms with E-state index in [4.69, 9.17) is 4.74 Å². The third-order valence-electron chi connectivity index (χ3n) is 3.00. The lowest BCUT2D eigenvalue weighted by molar-refractivity contribution is 0.0991. The molecular weight excluding hydrogens is 384 g/mol. The first kappa shape index (κ1) is 15.3. The van der Waals surface area contributed by atoms with Crippen molar-refractivity contribution >= 4 is 37.6 Å². The van der Waals surface area contributed by atoms with E-state index in [1.54, 1.807) is 31.4 Å². The molecule has 2 rings (SSSR count). The number of carbonyl (C=O) groups is 1. The second kappa shape index (κ2) is 7.04. The Hall–Kier alpha value is -1.13. The summed E-state index contributed by atoms with van der Waals surface area (Å²) in [6.07, 6.45) is 0. The van der Waals surface area contributed by atoms with Gasteiger partial charge in [-0.05, 0) is 29.8 Å². The summed E-state index contributed by atoms with van der Waals surface area (Å²) in [7, 11) is 1.61. The minimum Gasteiger partial charge on any atom is -0.497 e. The minimum atomic E-state index is -0.321. The van der Waals surface area contributed by atoms with Crippen LogP contribution in [0.3, 0.4) is 0 Å². The van der Waals surface area contributed by atoms with Crippen LogP contribution in [0.25, 0.3) is 0 Å². The Morgan fingerprint density at radius 2 is 1.60 bits per heavy atom. The number of alkyl halides is 2. The van der Waals surface area contributed by atoms with E-state index in [0.717, 1.165) is 11.3 Å². The number of Topliss-reactive ketones (excluding diaryl/α,β-unsaturated/α-hetero) is 1. The molecule has 0 saturated carbocycles. The van der Waals surface area contributed by atoms with Crippen molar-refractivity contribution in [3.8, 4) is 5.75 Å². The van der Waals surface area contributed by atoms with Gasteiger partial charge in [0.05, 0.1) is 16.8 Å². The molecule has 2 aromatic rings. The largest absolute Gasteiger partial charge is 0.497 e. The third kappa shape index (κ3) is 3.49. The van der Waals surface area contributed by atoms with Gasteiger partial charge in [-0.2, -0.15) is 0 Å². The number of ketones is 1. The van der Waals surface area contributed by atoms with E-state index >= 15 is 0 Å². The molecule has 0 aliphatic carbocycles. The fraction of sp³-hybridized carbons (Fsp3) is 0.188. The van der Waals surface area contributed by atoms with Crippen molar-refractivity contribution in [2.45, 2.75) is 9.65 Å². The van der Waals surface area contributed by atoms with Crippen LogP contribution in [0.2, 0.25) is 0 Å². The van der Waals surface area contributed by atoms with Crippen LogP contribution in [-0.4, -0.2) is 17.7 Å². The van der Waals surface area contributed by atoms with E-state index < -0.39 is 0 Å². The lowest BCUT2D eigenvalue weighted by atomic mass is 10.0. The average molecular weight is 398 g/mol. The van der Waals surface area contributed by atoms with Gasteiger partial charge in [-0.25, -0.2) is 0 Å². The molecule has 0 aromatic heterocycles. The zero-order valence-electron chi connectivity index (χ0n) is 10.9. The Labute approximate surface area is 135 Å². The molecule has 20 heavy (non-hydrogen) atoms. The third-order valence-corrected chi connectivity index (χ3v) is 5.71. The number of hydrogen-bond acceptors (Lipinski definition) is 2. The fourth-order valence-corrected chi connectivity index (χ4v) is 2.97. The first-order valence-corrected chi connectivity index (χ1v) is 7.98. The molecule has 0 radical (unpaired) electrons. The van der Waals surface area contributed by atoms with Gasteiger partial charge in [-0.15, -0.1) is 0 Å². The molecule has 0 heterocycles. The smallest absolute Gasteiger partial charge is 0.177 e. The Balaban J connectivity index is 2.15. The standard InChI is InChI=1S/C16H14Br2O2/c1-20-13-9-7-12(8-10-13)16(19)15(18)14(17)11-5-3-2-4-6-11/h2-10,14-15H,1H3/t14-,15+/m1/s1. The van der Waals surface area contributed by atoms with E-state index in [9.17, 15) is 4.79 Å². The number of carbonyl (C=O) groups excluding carboxylic acids is 1. The highest BCUT2D eigenvalue weighted by Crippen LogP contribution is 2.33. The summed E-state index contributed by atoms with van der Waals surface area (Å²) in [5.41, 5.74) is 1.73. The quantitative estimate of drug-likeness (QED) is 0.536. The summed E-state index contributed by atoms with van der Waals surface area (Å²) in [5, 5.41) is 0. The normalized spacial score (nSPS) is 13.6. The van der Waals surface area contributed by atoms with E-state index in [1.807, 2.05) is 30.3 Å². The number of benzene rings is 2. The molecule has 0 saturated heterocycles. The van der Waals surface area contributed by atoms with Crippen molar-refractivity contribution in [1.82, 2.24) is 0 Å². The molecule has 0 aliphatic rings. The number of methoxy groups -OCH3 is 1. The predicted octanol–water partition coefficient (Wildman–Crippen LogP) is 4.78. The van der Waals surface area contributed by atoms with Crippen molar-refractivity contribution in [2.24, 2.45) is 0 Å². The van der Waals surface area contributed by atoms with Gasteiger partial charge in [0.15, 0.2) is 5.78 Å². The van der Waals surface area contributed by atoms with Gasteiger partial charge in [-0.1, -0.05) is 62.2 Å². The van der Waals surface area contributed by atoms with Crippen molar-refractivity contribution < 1.29 is 9.53 Å². The molecule has 4 heteroatoms. The number of hydrogen-bond donors (Lipinski definition) is 0. The first-order chi connectivity index (χ1) is 9.63. The maximum absolute atomic E-state index is 12.4.